The number of ether oxygens (including phenoxy) is 3. The van der Waals surface area contributed by atoms with E-state index in [1.165, 1.54) is 6.20 Å². The van der Waals surface area contributed by atoms with E-state index < -0.39 is 97.7 Å². The topological polar surface area (TPSA) is 290 Å². The molecular formula is C62H73BrCl4F7N6O15PS2. The molecule has 0 saturated heterocycles. The number of carboxylic acids is 1. The number of esters is 1. The number of rotatable bonds is 18. The summed E-state index contributed by atoms with van der Waals surface area (Å²) < 4.78 is 147. The van der Waals surface area contributed by atoms with Crippen LogP contribution in [0.3, 0.4) is 0 Å². The Morgan fingerprint density at radius 2 is 1.57 bits per heavy atom. The summed E-state index contributed by atoms with van der Waals surface area (Å²) >= 11 is 25.7. The van der Waals surface area contributed by atoms with Gasteiger partial charge in [-0.1, -0.05) is 77.2 Å². The van der Waals surface area contributed by atoms with Crippen LogP contribution in [0.15, 0.2) is 92.9 Å². The highest BCUT2D eigenvalue weighted by Crippen LogP contribution is 2.44. The fourth-order valence-electron chi connectivity index (χ4n) is 8.91. The number of carbonyl (C=O) groups is 5. The third-order valence-electron chi connectivity index (χ3n) is 13.1. The van der Waals surface area contributed by atoms with Crippen LogP contribution >= 0.6 is 69.9 Å². The Morgan fingerprint density at radius 3 is 2.07 bits per heavy atom. The van der Waals surface area contributed by atoms with Crippen LogP contribution in [0.1, 0.15) is 108 Å². The van der Waals surface area contributed by atoms with E-state index in [4.69, 9.17) is 75.1 Å². The molecular weight excluding hydrogens is 1520 g/mol. The Labute approximate surface area is 593 Å². The molecule has 2 amide bonds. The monoisotopic (exact) mass is 1590 g/mol. The van der Waals surface area contributed by atoms with Crippen LogP contribution in [-0.4, -0.2) is 150 Å². The van der Waals surface area contributed by atoms with Crippen LogP contribution in [-0.2, 0) is 75.0 Å². The molecule has 3 heterocycles. The average Bonchev–Trinajstić information content (AvgIpc) is 1.51. The fourth-order valence-corrected chi connectivity index (χ4v) is 11.5. The maximum Gasteiger partial charge on any atom is 0.434 e. The van der Waals surface area contributed by atoms with E-state index >= 15 is 0 Å². The maximum atomic E-state index is 14.3. The zero-order valence-electron chi connectivity index (χ0n) is 54.8. The second-order valence-corrected chi connectivity index (χ2v) is 30.8. The Balaban J connectivity index is 0.000000322. The molecule has 36 heteroatoms. The van der Waals surface area contributed by atoms with Crippen molar-refractivity contribution < 1.29 is 101 Å². The number of hydrogen-bond donors (Lipinski definition) is 3. The first-order valence-electron chi connectivity index (χ1n) is 29.0. The summed E-state index contributed by atoms with van der Waals surface area (Å²) in [6.45, 7) is 11.6. The first kappa shape index (κ1) is 86.4. The van der Waals surface area contributed by atoms with Crippen LogP contribution in [0.2, 0.25) is 5.02 Å². The second kappa shape index (κ2) is 38.3. The van der Waals surface area contributed by atoms with Crippen molar-refractivity contribution in [2.75, 3.05) is 73.9 Å². The Bertz CT molecular complexity index is 3890. The lowest BCUT2D eigenvalue weighted by molar-refractivity contribution is -0.193. The number of carboxylic acid groups (broad SMARTS) is 1. The maximum absolute atomic E-state index is 14.3. The number of anilines is 2. The number of benzene rings is 4. The van der Waals surface area contributed by atoms with Gasteiger partial charge in [0, 0.05) is 37.5 Å². The number of hydrogen-bond acceptors (Lipinski definition) is 16. The van der Waals surface area contributed by atoms with Crippen molar-refractivity contribution in [2.45, 2.75) is 107 Å². The van der Waals surface area contributed by atoms with Crippen LogP contribution in [0, 0.1) is 12.7 Å². The predicted molar refractivity (Wildman–Crippen MR) is 363 cm³/mol. The molecule has 8 rings (SSSR count). The van der Waals surface area contributed by atoms with Crippen molar-refractivity contribution in [2.24, 2.45) is 7.05 Å². The third kappa shape index (κ3) is 26.0. The molecule has 3 N–H and O–H groups in total. The van der Waals surface area contributed by atoms with Gasteiger partial charge in [0.2, 0.25) is 5.91 Å². The van der Waals surface area contributed by atoms with Crippen LogP contribution in [0.25, 0.3) is 11.3 Å². The van der Waals surface area contributed by atoms with E-state index in [1.807, 2.05) is 62.5 Å². The van der Waals surface area contributed by atoms with Crippen molar-refractivity contribution in [3.63, 3.8) is 0 Å². The standard InChI is InChI=1S/C15H12BrClF4N2O2.C15H22ClNO2.C15H12F3NO4S.C11H11Cl2NO2.C3H8NO5P.C3H9S/c1-6(2)25-14(24)7-4-8(10(18)5-9(7)17)12-11(16)13(15(19,20)21)23(3)22-12;1-5-13-8-6-7-11(2)15(13)17(14(18)9-16)12(3)10-19-4;1-24(21,22)12-6-9(15(16,17)18)4-5-10(12)13(20)11-7-19-23-14(11)8-2-3-8;1-7-6-16-9-5-3-2-4-8(9)14(7)11(15)10(12)13;5-3(6)1-4-2-10(7,8)9;1-4(2)3/h4-6H,1-3H3;6-8,12H,5,9-10H2,1-4H3;4-8H,2-3H2,1H3;2-5,7,10H,6H2,1H3;4H,1-2H2,(H,5,6)(H2,7,8,9);1-3H3/q;;;;;+1/p-1. The van der Waals surface area contributed by atoms with Crippen molar-refractivity contribution in [3.8, 4) is 17.0 Å². The largest absolute Gasteiger partial charge is 0.778 e. The first-order valence-corrected chi connectivity index (χ1v) is 37.7. The summed E-state index contributed by atoms with van der Waals surface area (Å²) in [7, 11) is -5.03. The second-order valence-electron chi connectivity index (χ2n) is 22.2. The molecule has 0 spiro atoms. The minimum Gasteiger partial charge on any atom is -0.778 e. The summed E-state index contributed by atoms with van der Waals surface area (Å²) in [6.07, 6.45) is 0.466. The van der Waals surface area contributed by atoms with Crippen LogP contribution < -0.4 is 24.7 Å². The lowest BCUT2D eigenvalue weighted by Crippen LogP contribution is -2.47. The lowest BCUT2D eigenvalue weighted by atomic mass is 10.0. The van der Waals surface area contributed by atoms with Gasteiger partial charge in [-0.15, -0.1) is 11.6 Å². The molecule has 3 atom stereocenters. The molecule has 542 valence electrons. The number of aliphatic carboxylic acids is 1. The van der Waals surface area contributed by atoms with Crippen molar-refractivity contribution in [3.05, 3.63) is 139 Å². The number of sulfone groups is 1. The normalized spacial score (nSPS) is 14.4. The molecule has 1 fully saturated rings. The van der Waals surface area contributed by atoms with Gasteiger partial charge >= 0.3 is 24.3 Å². The van der Waals surface area contributed by atoms with Gasteiger partial charge in [-0.2, -0.15) is 31.4 Å². The molecule has 2 aromatic heterocycles. The van der Waals surface area contributed by atoms with E-state index in [9.17, 15) is 72.6 Å². The van der Waals surface area contributed by atoms with E-state index in [-0.39, 0.29) is 68.7 Å². The molecule has 3 unspecified atom stereocenters. The highest BCUT2D eigenvalue weighted by Gasteiger charge is 2.40. The highest BCUT2D eigenvalue weighted by molar-refractivity contribution is 9.10. The number of amides is 2. The molecule has 4 aromatic carbocycles. The van der Waals surface area contributed by atoms with Gasteiger partial charge in [-0.05, 0) is 134 Å². The third-order valence-corrected chi connectivity index (χ3v) is 16.5. The lowest BCUT2D eigenvalue weighted by Gasteiger charge is -2.35. The summed E-state index contributed by atoms with van der Waals surface area (Å²) in [4.78, 5) is 78.2. The first-order chi connectivity index (χ1) is 45.3. The number of aromatic nitrogens is 3. The summed E-state index contributed by atoms with van der Waals surface area (Å²) in [5, 5.41) is 17.0. The Kier molecular flexibility index (Phi) is 33.7. The number of carbonyl (C=O) groups excluding carboxylic acids is 4. The van der Waals surface area contributed by atoms with Crippen LogP contribution in [0.5, 0.6) is 5.75 Å². The molecule has 1 aliphatic heterocycles. The SMILES string of the molecule is CC(C)OC(=O)c1cc(-c2nn(C)c(C(F)(F)F)c2Br)c(F)cc1Cl.CC1COc2ccccc2N1C(=O)C(Cl)Cl.CCc1cccc(C)c1N(C(=O)CCl)C(C)COC.CS(=O)(=O)c1cc(C(F)(F)F)ccc1C(=O)c1cnoc1C1CC1.C[S+](C)C.O=C(O)CNCP(=O)([O-])O. The number of nitrogens with one attached hydrogen (secondary N) is 1. The van der Waals surface area contributed by atoms with Crippen molar-refractivity contribution in [1.29, 1.82) is 0 Å². The number of ketones is 1. The van der Waals surface area contributed by atoms with E-state index in [0.717, 1.165) is 73.3 Å². The minimum atomic E-state index is -4.71. The number of aryl methyl sites for hydroxylation is 3. The number of halogens is 12. The summed E-state index contributed by atoms with van der Waals surface area (Å²) in [5.41, 5.74) is 0.701. The van der Waals surface area contributed by atoms with Gasteiger partial charge in [-0.25, -0.2) is 17.6 Å². The van der Waals surface area contributed by atoms with Gasteiger partial charge in [0.15, 0.2) is 31.9 Å². The van der Waals surface area contributed by atoms with Gasteiger partial charge in [0.25, 0.3) is 5.91 Å². The smallest absolute Gasteiger partial charge is 0.434 e. The van der Waals surface area contributed by atoms with Gasteiger partial charge in [-0.3, -0.25) is 29.2 Å². The molecule has 6 aromatic rings. The number of alkyl halides is 9. The Hall–Kier alpha value is -5.83. The number of fused-ring (bicyclic) bond motifs is 1. The van der Waals surface area contributed by atoms with Gasteiger partial charge < -0.3 is 48.0 Å². The quantitative estimate of drug-likeness (QED) is 0.0180. The molecule has 21 nitrogen and oxygen atoms in total. The van der Waals surface area contributed by atoms with Crippen LogP contribution in [0.4, 0.5) is 42.1 Å². The summed E-state index contributed by atoms with van der Waals surface area (Å²) in [5.74, 6) is -2.97. The number of para-hydroxylation sites is 3. The van der Waals surface area contributed by atoms with E-state index in [0.29, 0.717) is 52.4 Å². The van der Waals surface area contributed by atoms with E-state index in [1.54, 1.807) is 30.8 Å². The van der Waals surface area contributed by atoms with Gasteiger partial charge in [0.05, 0.1) is 105 Å². The highest BCUT2D eigenvalue weighted by atomic mass is 79.9. The molecule has 1 saturated carbocycles. The minimum absolute atomic E-state index is 0.0223. The van der Waals surface area contributed by atoms with Gasteiger partial charge in [0.1, 0.15) is 37.3 Å². The molecule has 0 bridgehead atoms. The zero-order valence-corrected chi connectivity index (χ0v) is 61.9. The number of methoxy groups -OCH3 is 1. The molecule has 98 heavy (non-hydrogen) atoms. The fraction of sp³-hybridized carbons (Fsp3) is 0.435. The van der Waals surface area contributed by atoms with Crippen molar-refractivity contribution in [1.82, 2.24) is 20.3 Å². The molecule has 0 radical (unpaired) electrons. The predicted octanol–water partition coefficient (Wildman–Crippen LogP) is 12.9. The summed E-state index contributed by atoms with van der Waals surface area (Å²) in [6, 6.07) is 17.2. The average molecular weight is 1590 g/mol. The number of nitrogens with zero attached hydrogens (tertiary/aromatic N) is 5. The molecule has 2 aliphatic rings. The zero-order chi connectivity index (χ0) is 74.7. The molecule has 1 aliphatic carbocycles. The Morgan fingerprint density at radius 1 is 0.959 bits per heavy atom. The van der Waals surface area contributed by atoms with E-state index in [2.05, 4.69) is 57.9 Å². The van der Waals surface area contributed by atoms with Crippen molar-refractivity contribution >= 4 is 132 Å².